The highest BCUT2D eigenvalue weighted by molar-refractivity contribution is 7.08. The van der Waals surface area contributed by atoms with Crippen LogP contribution in [0, 0.1) is 0 Å². The molecule has 3 saturated heterocycles. The van der Waals surface area contributed by atoms with Crippen LogP contribution in [0.3, 0.4) is 0 Å². The summed E-state index contributed by atoms with van der Waals surface area (Å²) >= 11 is 1.51. The highest BCUT2D eigenvalue weighted by Crippen LogP contribution is 2.42. The van der Waals surface area contributed by atoms with E-state index < -0.39 is 59.3 Å². The fraction of sp³-hybridized carbons (Fsp3) is 0.629. The summed E-state index contributed by atoms with van der Waals surface area (Å²) < 4.78 is 89.0. The molecule has 4 amide bonds. The fourth-order valence-corrected chi connectivity index (χ4v) is 8.66. The smallest absolute Gasteiger partial charge is 0.418 e. The highest BCUT2D eigenvalue weighted by atomic mass is 32.1. The summed E-state index contributed by atoms with van der Waals surface area (Å²) in [4.78, 5) is 49.8. The van der Waals surface area contributed by atoms with E-state index in [9.17, 15) is 40.7 Å². The lowest BCUT2D eigenvalue weighted by Crippen LogP contribution is -2.53. The number of fused-ring (bicyclic) bond motifs is 1. The van der Waals surface area contributed by atoms with Crippen LogP contribution < -0.4 is 11.1 Å². The fourth-order valence-electron chi connectivity index (χ4n) is 7.84. The summed E-state index contributed by atoms with van der Waals surface area (Å²) in [5, 5.41) is 6.80. The van der Waals surface area contributed by atoms with Crippen LogP contribution in [0.2, 0.25) is 0 Å². The predicted octanol–water partition coefficient (Wildman–Crippen LogP) is 5.60. The number of nitrogens with one attached hydrogen (secondary N) is 1. The predicted molar refractivity (Wildman–Crippen MR) is 186 cm³/mol. The second-order valence-electron chi connectivity index (χ2n) is 14.3. The molecule has 3 fully saturated rings. The van der Waals surface area contributed by atoms with Crippen LogP contribution in [-0.2, 0) is 34.7 Å². The second kappa shape index (κ2) is 15.9. The van der Waals surface area contributed by atoms with Crippen LogP contribution in [0.1, 0.15) is 54.4 Å². The molecule has 1 aromatic heterocycles. The maximum Gasteiger partial charge on any atom is 0.418 e. The van der Waals surface area contributed by atoms with Gasteiger partial charge >= 0.3 is 24.5 Å². The van der Waals surface area contributed by atoms with Crippen molar-refractivity contribution in [2.24, 2.45) is 0 Å². The van der Waals surface area contributed by atoms with Gasteiger partial charge in [-0.1, -0.05) is 0 Å². The van der Waals surface area contributed by atoms with Gasteiger partial charge in [-0.2, -0.15) is 26.3 Å². The molecule has 1 aromatic carbocycles. The van der Waals surface area contributed by atoms with Crippen molar-refractivity contribution in [3.05, 3.63) is 45.1 Å². The first-order valence-corrected chi connectivity index (χ1v) is 18.9. The number of thiophene rings is 1. The Balaban J connectivity index is 1.16. The number of hydrogen-bond acceptors (Lipinski definition) is 8. The Bertz CT molecular complexity index is 1600. The second-order valence-corrected chi connectivity index (χ2v) is 15.1. The van der Waals surface area contributed by atoms with Crippen molar-refractivity contribution in [2.45, 2.75) is 75.5 Å². The number of urea groups is 1. The van der Waals surface area contributed by atoms with Gasteiger partial charge in [0.2, 0.25) is 0 Å². The Morgan fingerprint density at radius 1 is 0.868 bits per heavy atom. The maximum atomic E-state index is 14.0. The average Bonchev–Trinajstić information content (AvgIpc) is 3.34. The normalized spacial score (nSPS) is 21.1. The number of alkyl halides is 6. The van der Waals surface area contributed by atoms with E-state index >= 15 is 0 Å². The summed E-state index contributed by atoms with van der Waals surface area (Å²) in [6.07, 6.45) is -9.98. The first kappa shape index (κ1) is 38.9. The van der Waals surface area contributed by atoms with Gasteiger partial charge in [0.1, 0.15) is 0 Å². The van der Waals surface area contributed by atoms with E-state index in [2.05, 4.69) is 22.2 Å². The monoisotopic (exact) mass is 773 g/mol. The lowest BCUT2D eigenvalue weighted by Gasteiger charge is -2.40. The van der Waals surface area contributed by atoms with Crippen LogP contribution in [0.15, 0.2) is 22.9 Å². The number of ether oxygens (including phenoxy) is 1. The van der Waals surface area contributed by atoms with Gasteiger partial charge in [0.15, 0.2) is 6.10 Å². The molecule has 5 heterocycles. The number of likely N-dealkylation sites (N-methyl/N-ethyl adjacent to an activating group) is 1. The Morgan fingerprint density at radius 3 is 2.13 bits per heavy atom. The molecule has 292 valence electrons. The van der Waals surface area contributed by atoms with E-state index in [0.717, 1.165) is 43.9 Å². The van der Waals surface area contributed by atoms with E-state index in [1.165, 1.54) is 21.1 Å². The van der Waals surface area contributed by atoms with E-state index in [4.69, 9.17) is 10.5 Å². The van der Waals surface area contributed by atoms with Crippen LogP contribution >= 0.6 is 11.3 Å². The zero-order valence-electron chi connectivity index (χ0n) is 29.5. The number of likely N-dealkylation sites (tertiary alicyclic amines) is 2. The number of carbonyl (C=O) groups is 3. The third-order valence-electron chi connectivity index (χ3n) is 10.9. The SMILES string of the molecule is CN1CCCN(C2CCN(C(=O)[C@@H](Cc3cc(C(F)(F)F)c(N)c(C(F)(F)F)c3)OC(=O)N3CCC(N4CCc5cscc5NC4=O)CC3)CC2)CC1. The molecule has 11 nitrogen and oxygen atoms in total. The molecule has 2 aromatic rings. The number of nitrogen functional groups attached to an aromatic ring is 1. The molecule has 4 aliphatic heterocycles. The minimum atomic E-state index is -5.21. The van der Waals surface area contributed by atoms with Gasteiger partial charge < -0.3 is 35.4 Å². The lowest BCUT2D eigenvalue weighted by molar-refractivity contribution is -0.142. The molecule has 0 saturated carbocycles. The van der Waals surface area contributed by atoms with Gasteiger partial charge in [-0.15, -0.1) is 11.3 Å². The van der Waals surface area contributed by atoms with E-state index in [1.807, 2.05) is 10.8 Å². The first-order valence-electron chi connectivity index (χ1n) is 17.9. The van der Waals surface area contributed by atoms with Gasteiger partial charge in [0.05, 0.1) is 22.5 Å². The number of nitrogens with two attached hydrogens (primary N) is 1. The number of piperidine rings is 2. The Morgan fingerprint density at radius 2 is 1.49 bits per heavy atom. The number of benzene rings is 1. The van der Waals surface area contributed by atoms with Crippen LogP contribution in [-0.4, -0.2) is 127 Å². The van der Waals surface area contributed by atoms with Gasteiger partial charge in [0.25, 0.3) is 5.91 Å². The van der Waals surface area contributed by atoms with Crippen LogP contribution in [0.25, 0.3) is 0 Å². The molecule has 0 radical (unpaired) electrons. The van der Waals surface area contributed by atoms with E-state index in [0.29, 0.717) is 63.9 Å². The number of anilines is 2. The molecule has 0 spiro atoms. The van der Waals surface area contributed by atoms with Crippen molar-refractivity contribution >= 4 is 40.7 Å². The lowest BCUT2D eigenvalue weighted by atomic mass is 9.97. The molecule has 3 N–H and O–H groups in total. The maximum absolute atomic E-state index is 14.0. The summed E-state index contributed by atoms with van der Waals surface area (Å²) in [5.74, 6) is -0.685. The molecule has 18 heteroatoms. The standard InChI is InChI=1S/C35H45F6N7O4S/c1-44-8-2-9-45(16-15-44)24-4-10-46(11-5-24)31(49)29(19-22-17-26(34(36,37)38)30(42)27(18-22)35(39,40)41)52-33(51)47-12-6-25(7-13-47)48-14-3-23-20-53-21-28(23)43-32(48)50/h17-18,20-21,24-25,29H,2-16,19,42H2,1H3,(H,43,50)/t29-/m1/s1. The van der Waals surface area contributed by atoms with Crippen molar-refractivity contribution in [2.75, 3.05) is 77.0 Å². The van der Waals surface area contributed by atoms with Gasteiger partial charge in [0, 0.05) is 69.7 Å². The number of rotatable bonds is 6. The molecule has 0 aliphatic carbocycles. The molecular weight excluding hydrogens is 728 g/mol. The Hall–Kier alpha value is -3.77. The first-order chi connectivity index (χ1) is 25.1. The summed E-state index contributed by atoms with van der Waals surface area (Å²) in [6.45, 7) is 5.12. The molecule has 0 bridgehead atoms. The van der Waals surface area contributed by atoms with Gasteiger partial charge in [-0.3, -0.25) is 9.69 Å². The number of nitrogens with zero attached hydrogens (tertiary/aromatic N) is 5. The Labute approximate surface area is 308 Å². The number of halogens is 6. The molecule has 1 atom stereocenters. The average molecular weight is 774 g/mol. The topological polar surface area (TPSA) is 115 Å². The molecule has 6 rings (SSSR count). The zero-order valence-corrected chi connectivity index (χ0v) is 30.3. The van der Waals surface area contributed by atoms with Crippen molar-refractivity contribution in [3.8, 4) is 0 Å². The van der Waals surface area contributed by atoms with Gasteiger partial charge in [-0.05, 0) is 87.3 Å². The third kappa shape index (κ3) is 9.13. The van der Waals surface area contributed by atoms with E-state index in [-0.39, 0.29) is 31.2 Å². The molecule has 4 aliphatic rings. The van der Waals surface area contributed by atoms with Crippen molar-refractivity contribution < 1.29 is 45.5 Å². The highest BCUT2D eigenvalue weighted by Gasteiger charge is 2.42. The molecule has 53 heavy (non-hydrogen) atoms. The minimum Gasteiger partial charge on any atom is -0.436 e. The molecule has 0 unspecified atom stereocenters. The number of amides is 4. The third-order valence-corrected chi connectivity index (χ3v) is 11.7. The zero-order chi connectivity index (χ0) is 38.1. The van der Waals surface area contributed by atoms with Crippen molar-refractivity contribution in [3.63, 3.8) is 0 Å². The van der Waals surface area contributed by atoms with Crippen LogP contribution in [0.4, 0.5) is 47.3 Å². The van der Waals surface area contributed by atoms with Crippen molar-refractivity contribution in [1.82, 2.24) is 24.5 Å². The summed E-state index contributed by atoms with van der Waals surface area (Å²) in [5.41, 5.74) is 1.87. The van der Waals surface area contributed by atoms with Gasteiger partial charge in [-0.25, -0.2) is 9.59 Å². The van der Waals surface area contributed by atoms with E-state index in [1.54, 1.807) is 4.90 Å². The number of carbonyl (C=O) groups excluding carboxylic acids is 3. The van der Waals surface area contributed by atoms with Crippen molar-refractivity contribution in [1.29, 1.82) is 0 Å². The Kier molecular flexibility index (Phi) is 11.7. The summed E-state index contributed by atoms with van der Waals surface area (Å²) in [6, 6.07) is 0.773. The van der Waals surface area contributed by atoms with Crippen LogP contribution in [0.5, 0.6) is 0 Å². The summed E-state index contributed by atoms with van der Waals surface area (Å²) in [7, 11) is 2.07. The minimum absolute atomic E-state index is 0.171. The molecular formula is C35H45F6N7O4S. The largest absolute Gasteiger partial charge is 0.436 e. The number of hydrogen-bond donors (Lipinski definition) is 2. The quantitative estimate of drug-likeness (QED) is 0.291.